The van der Waals surface area contributed by atoms with Crippen LogP contribution < -0.4 is 0 Å². The molecule has 2 heterocycles. The van der Waals surface area contributed by atoms with E-state index < -0.39 is 11.7 Å². The SMILES string of the molecule is Cc1ccc([C@@H]2C=C3CC(=O)CC[C@]3(C)C3[C@@H]2[C@@H]2CCC4(CCC(=O)O4)[C@@]2(C)C[C@H]3O)o1. The fourth-order valence-corrected chi connectivity index (χ4v) is 8.80. The lowest BCUT2D eigenvalue weighted by Crippen LogP contribution is -2.60. The number of carbonyl (C=O) groups is 2. The van der Waals surface area contributed by atoms with E-state index in [0.717, 1.165) is 37.2 Å². The molecule has 6 rings (SSSR count). The zero-order chi connectivity index (χ0) is 22.5. The Morgan fingerprint density at radius 2 is 1.91 bits per heavy atom. The number of hydrogen-bond acceptors (Lipinski definition) is 5. The van der Waals surface area contributed by atoms with Crippen LogP contribution in [0.2, 0.25) is 0 Å². The molecule has 1 aromatic rings. The average molecular weight is 439 g/mol. The van der Waals surface area contributed by atoms with Crippen LogP contribution in [0.1, 0.15) is 82.7 Å². The van der Waals surface area contributed by atoms with Gasteiger partial charge in [-0.15, -0.1) is 0 Å². The molecule has 5 heteroatoms. The minimum absolute atomic E-state index is 0.0363. The lowest BCUT2D eigenvalue weighted by Gasteiger charge is -2.61. The van der Waals surface area contributed by atoms with Crippen molar-refractivity contribution >= 4 is 11.8 Å². The molecule has 1 aliphatic heterocycles. The van der Waals surface area contributed by atoms with Crippen LogP contribution in [0.5, 0.6) is 0 Å². The van der Waals surface area contributed by atoms with Crippen molar-refractivity contribution in [1.82, 2.24) is 0 Å². The van der Waals surface area contributed by atoms with Crippen LogP contribution in [0, 0.1) is 35.5 Å². The molecule has 0 aromatic carbocycles. The molecule has 3 saturated carbocycles. The van der Waals surface area contributed by atoms with Gasteiger partial charge >= 0.3 is 5.97 Å². The van der Waals surface area contributed by atoms with Crippen molar-refractivity contribution in [1.29, 1.82) is 0 Å². The Balaban J connectivity index is 1.51. The van der Waals surface area contributed by atoms with E-state index in [0.29, 0.717) is 37.4 Å². The third-order valence-electron chi connectivity index (χ3n) is 10.4. The number of furan rings is 1. The van der Waals surface area contributed by atoms with E-state index in [4.69, 9.17) is 9.15 Å². The van der Waals surface area contributed by atoms with Crippen LogP contribution >= 0.6 is 0 Å². The molecule has 1 saturated heterocycles. The minimum Gasteiger partial charge on any atom is -0.466 e. The Morgan fingerprint density at radius 3 is 2.59 bits per heavy atom. The number of aliphatic hydroxyl groups excluding tert-OH is 1. The molecule has 5 aliphatic rings. The number of ether oxygens (including phenoxy) is 1. The van der Waals surface area contributed by atoms with Gasteiger partial charge in [0.05, 0.1) is 6.10 Å². The Labute approximate surface area is 189 Å². The van der Waals surface area contributed by atoms with E-state index in [1.54, 1.807) is 0 Å². The molecule has 1 aromatic heterocycles. The van der Waals surface area contributed by atoms with Crippen LogP contribution in [-0.2, 0) is 14.3 Å². The fraction of sp³-hybridized carbons (Fsp3) is 0.704. The van der Waals surface area contributed by atoms with Crippen LogP contribution in [-0.4, -0.2) is 28.6 Å². The van der Waals surface area contributed by atoms with E-state index in [2.05, 4.69) is 26.0 Å². The quantitative estimate of drug-likeness (QED) is 0.500. The molecule has 4 fully saturated rings. The maximum atomic E-state index is 12.4. The van der Waals surface area contributed by atoms with Gasteiger partial charge in [-0.25, -0.2) is 0 Å². The van der Waals surface area contributed by atoms with Gasteiger partial charge in [0.2, 0.25) is 0 Å². The molecule has 2 unspecified atom stereocenters. The number of aryl methyl sites for hydroxylation is 1. The normalized spacial score (nSPS) is 47.6. The summed E-state index contributed by atoms with van der Waals surface area (Å²) in [5.74, 6) is 2.69. The largest absolute Gasteiger partial charge is 0.466 e. The van der Waals surface area contributed by atoms with E-state index in [1.165, 1.54) is 5.57 Å². The average Bonchev–Trinajstić information content (AvgIpc) is 3.40. The smallest absolute Gasteiger partial charge is 0.306 e. The summed E-state index contributed by atoms with van der Waals surface area (Å²) < 4.78 is 12.2. The van der Waals surface area contributed by atoms with Crippen molar-refractivity contribution in [2.45, 2.75) is 89.8 Å². The first-order chi connectivity index (χ1) is 15.2. The number of Topliss-reactive ketones (excluding diaryl/α,β-unsaturated/α-hetero) is 1. The van der Waals surface area contributed by atoms with Gasteiger partial charge in [0.25, 0.3) is 0 Å². The lowest BCUT2D eigenvalue weighted by molar-refractivity contribution is -0.184. The summed E-state index contributed by atoms with van der Waals surface area (Å²) in [7, 11) is 0. The molecule has 32 heavy (non-hydrogen) atoms. The van der Waals surface area contributed by atoms with Crippen LogP contribution in [0.4, 0.5) is 0 Å². The molecule has 1 N–H and O–H groups in total. The van der Waals surface area contributed by atoms with Crippen LogP contribution in [0.15, 0.2) is 28.2 Å². The monoisotopic (exact) mass is 438 g/mol. The number of carbonyl (C=O) groups excluding carboxylic acids is 2. The fourth-order valence-electron chi connectivity index (χ4n) is 8.80. The molecule has 4 aliphatic carbocycles. The highest BCUT2D eigenvalue weighted by atomic mass is 16.6. The van der Waals surface area contributed by atoms with Crippen molar-refractivity contribution in [3.8, 4) is 0 Å². The van der Waals surface area contributed by atoms with E-state index in [9.17, 15) is 14.7 Å². The zero-order valence-corrected chi connectivity index (χ0v) is 19.4. The minimum atomic E-state index is -0.490. The van der Waals surface area contributed by atoms with Gasteiger partial charge in [-0.05, 0) is 74.3 Å². The maximum Gasteiger partial charge on any atom is 0.306 e. The van der Waals surface area contributed by atoms with Gasteiger partial charge in [-0.1, -0.05) is 25.5 Å². The molecule has 5 nitrogen and oxygen atoms in total. The second-order valence-electron chi connectivity index (χ2n) is 11.7. The van der Waals surface area contributed by atoms with Gasteiger partial charge in [0, 0.05) is 30.6 Å². The van der Waals surface area contributed by atoms with Gasteiger partial charge in [-0.2, -0.15) is 0 Å². The number of ketones is 1. The van der Waals surface area contributed by atoms with Gasteiger partial charge in [0.1, 0.15) is 22.9 Å². The number of aliphatic hydroxyl groups is 1. The summed E-state index contributed by atoms with van der Waals surface area (Å²) in [6.45, 7) is 6.51. The molecular formula is C27H34O5. The first-order valence-corrected chi connectivity index (χ1v) is 12.4. The van der Waals surface area contributed by atoms with E-state index in [-0.39, 0.29) is 34.6 Å². The number of rotatable bonds is 1. The number of fused-ring (bicyclic) bond motifs is 6. The van der Waals surface area contributed by atoms with Crippen molar-refractivity contribution in [2.75, 3.05) is 0 Å². The molecule has 8 atom stereocenters. The summed E-state index contributed by atoms with van der Waals surface area (Å²) in [5, 5.41) is 11.8. The topological polar surface area (TPSA) is 76.7 Å². The highest BCUT2D eigenvalue weighted by molar-refractivity contribution is 5.83. The Kier molecular flexibility index (Phi) is 4.26. The highest BCUT2D eigenvalue weighted by Crippen LogP contribution is 2.71. The standard InChI is InChI=1S/C27H34O5/c1-15-4-5-21(31-15)18-13-16-12-17(28)6-9-25(16,2)24-20(29)14-26(3)19(23(18)24)7-10-27(26)11-8-22(30)32-27/h4-5,13,18-20,23-24,29H,6-12,14H2,1-3H3/t18-,19-,20+,23-,24?,25-,26-,27?/m0/s1. The molecule has 0 amide bonds. The van der Waals surface area contributed by atoms with Gasteiger partial charge < -0.3 is 14.3 Å². The summed E-state index contributed by atoms with van der Waals surface area (Å²) in [4.78, 5) is 24.6. The summed E-state index contributed by atoms with van der Waals surface area (Å²) in [6.07, 6.45) is 7.52. The molecule has 172 valence electrons. The number of hydrogen-bond donors (Lipinski definition) is 1. The first-order valence-electron chi connectivity index (χ1n) is 12.4. The summed E-state index contributed by atoms with van der Waals surface area (Å²) >= 11 is 0. The van der Waals surface area contributed by atoms with Crippen molar-refractivity contribution < 1.29 is 23.8 Å². The van der Waals surface area contributed by atoms with Gasteiger partial charge in [0.15, 0.2) is 0 Å². The van der Waals surface area contributed by atoms with Crippen molar-refractivity contribution in [3.05, 3.63) is 35.3 Å². The van der Waals surface area contributed by atoms with E-state index >= 15 is 0 Å². The van der Waals surface area contributed by atoms with Crippen LogP contribution in [0.3, 0.4) is 0 Å². The first kappa shape index (κ1) is 20.7. The third kappa shape index (κ3) is 2.55. The Hall–Kier alpha value is -1.88. The molecule has 0 bridgehead atoms. The summed E-state index contributed by atoms with van der Waals surface area (Å²) in [5.41, 5.74) is 0.333. The second-order valence-corrected chi connectivity index (χ2v) is 11.7. The zero-order valence-electron chi connectivity index (χ0n) is 19.4. The predicted octanol–water partition coefficient (Wildman–Crippen LogP) is 4.86. The molecule has 0 radical (unpaired) electrons. The maximum absolute atomic E-state index is 12.4. The Bertz CT molecular complexity index is 1020. The summed E-state index contributed by atoms with van der Waals surface area (Å²) in [6, 6.07) is 4.08. The van der Waals surface area contributed by atoms with Gasteiger partial charge in [-0.3, -0.25) is 9.59 Å². The highest BCUT2D eigenvalue weighted by Gasteiger charge is 2.70. The molecular weight excluding hydrogens is 404 g/mol. The van der Waals surface area contributed by atoms with Crippen molar-refractivity contribution in [3.63, 3.8) is 0 Å². The number of allylic oxidation sites excluding steroid dienone is 2. The Morgan fingerprint density at radius 1 is 1.09 bits per heavy atom. The second kappa shape index (κ2) is 6.59. The van der Waals surface area contributed by atoms with Crippen LogP contribution in [0.25, 0.3) is 0 Å². The number of esters is 1. The molecule has 1 spiro atoms. The third-order valence-corrected chi connectivity index (χ3v) is 10.4. The van der Waals surface area contributed by atoms with E-state index in [1.807, 2.05) is 13.0 Å². The lowest BCUT2D eigenvalue weighted by atomic mass is 9.44. The predicted molar refractivity (Wildman–Crippen MR) is 118 cm³/mol. The van der Waals surface area contributed by atoms with Crippen molar-refractivity contribution in [2.24, 2.45) is 28.6 Å².